The highest BCUT2D eigenvalue weighted by atomic mass is 79.9. The van der Waals surface area contributed by atoms with Crippen LogP contribution >= 0.6 is 15.9 Å². The van der Waals surface area contributed by atoms with Crippen LogP contribution in [0, 0.1) is 0 Å². The van der Waals surface area contributed by atoms with E-state index in [1.165, 1.54) is 6.92 Å². The lowest BCUT2D eigenvalue weighted by Gasteiger charge is -2.06. The lowest BCUT2D eigenvalue weighted by molar-refractivity contribution is -0.131. The number of halogens is 1. The molecule has 0 amide bonds. The molecule has 0 aliphatic carbocycles. The number of hydrogen-bond donors (Lipinski definition) is 0. The van der Waals surface area contributed by atoms with E-state index in [9.17, 15) is 4.79 Å². The van der Waals surface area contributed by atoms with Crippen molar-refractivity contribution < 1.29 is 9.53 Å². The lowest BCUT2D eigenvalue weighted by atomic mass is 10.1. The highest BCUT2D eigenvalue weighted by Crippen LogP contribution is 2.24. The Morgan fingerprint density at radius 1 is 1.04 bits per heavy atom. The van der Waals surface area contributed by atoms with Gasteiger partial charge in [-0.25, -0.2) is 4.98 Å². The monoisotopic (exact) mass is 367 g/mol. The van der Waals surface area contributed by atoms with Crippen molar-refractivity contribution in [2.45, 2.75) is 6.92 Å². The van der Waals surface area contributed by atoms with Crippen LogP contribution in [0.1, 0.15) is 18.2 Å². The molecule has 0 N–H and O–H groups in total. The minimum Gasteiger partial charge on any atom is -0.424 e. The number of rotatable bonds is 3. The fourth-order valence-electron chi connectivity index (χ4n) is 2.22. The number of carbonyl (C=O) groups is 1. The zero-order valence-corrected chi connectivity index (χ0v) is 14.1. The molecule has 0 aliphatic rings. The van der Waals surface area contributed by atoms with Crippen molar-refractivity contribution >= 4 is 45.0 Å². The largest absolute Gasteiger partial charge is 0.424 e. The summed E-state index contributed by atoms with van der Waals surface area (Å²) in [7, 11) is 0. The van der Waals surface area contributed by atoms with Crippen LogP contribution in [0.3, 0.4) is 0 Å². The van der Waals surface area contributed by atoms with Crippen LogP contribution in [0.5, 0.6) is 5.75 Å². The van der Waals surface area contributed by atoms with E-state index < -0.39 is 0 Å². The van der Waals surface area contributed by atoms with Crippen molar-refractivity contribution in [2.75, 3.05) is 0 Å². The van der Waals surface area contributed by atoms with Crippen LogP contribution in [0.4, 0.5) is 0 Å². The molecule has 1 heterocycles. The molecule has 3 aromatic rings. The average Bonchev–Trinajstić information content (AvgIpc) is 2.54. The maximum atomic E-state index is 11.2. The summed E-state index contributed by atoms with van der Waals surface area (Å²) in [6.45, 7) is 1.39. The first-order valence-electron chi connectivity index (χ1n) is 7.14. The van der Waals surface area contributed by atoms with Gasteiger partial charge >= 0.3 is 5.97 Å². The van der Waals surface area contributed by atoms with Crippen molar-refractivity contribution in [1.29, 1.82) is 0 Å². The topological polar surface area (TPSA) is 39.2 Å². The summed E-state index contributed by atoms with van der Waals surface area (Å²) in [6, 6.07) is 17.5. The molecule has 0 radical (unpaired) electrons. The van der Waals surface area contributed by atoms with Gasteiger partial charge in [0.05, 0.1) is 5.69 Å². The van der Waals surface area contributed by atoms with Gasteiger partial charge in [0.2, 0.25) is 0 Å². The number of aromatic nitrogens is 1. The molecule has 0 spiro atoms. The quantitative estimate of drug-likeness (QED) is 0.477. The smallest absolute Gasteiger partial charge is 0.308 e. The predicted octanol–water partition coefficient (Wildman–Crippen LogP) is 5.09. The molecule has 0 aliphatic heterocycles. The van der Waals surface area contributed by atoms with E-state index in [1.54, 1.807) is 6.07 Å². The normalized spacial score (nSPS) is 11.0. The Labute approximate surface area is 142 Å². The van der Waals surface area contributed by atoms with Crippen molar-refractivity contribution in [1.82, 2.24) is 4.98 Å². The van der Waals surface area contributed by atoms with Crippen molar-refractivity contribution in [3.63, 3.8) is 0 Å². The Kier molecular flexibility index (Phi) is 4.53. The third-order valence-corrected chi connectivity index (χ3v) is 3.80. The molecule has 0 saturated carbocycles. The Bertz CT molecular complexity index is 886. The van der Waals surface area contributed by atoms with Crippen LogP contribution in [-0.4, -0.2) is 11.0 Å². The zero-order valence-electron chi connectivity index (χ0n) is 12.5. The Balaban J connectivity index is 1.95. The summed E-state index contributed by atoms with van der Waals surface area (Å²) in [6.07, 6.45) is 3.93. The molecule has 0 fully saturated rings. The Hall–Kier alpha value is -2.46. The SMILES string of the molecule is CC(=O)Oc1cccc2ccc(C=Cc3ccc(Br)cc3)nc12. The van der Waals surface area contributed by atoms with Crippen molar-refractivity contribution in [3.05, 3.63) is 70.3 Å². The average molecular weight is 368 g/mol. The van der Waals surface area contributed by atoms with Gasteiger partial charge in [-0.2, -0.15) is 0 Å². The number of fused-ring (bicyclic) bond motifs is 1. The number of ether oxygens (including phenoxy) is 1. The molecule has 0 saturated heterocycles. The van der Waals surface area contributed by atoms with Gasteiger partial charge in [-0.1, -0.05) is 52.3 Å². The number of benzene rings is 2. The fourth-order valence-corrected chi connectivity index (χ4v) is 2.48. The molecule has 3 rings (SSSR count). The highest BCUT2D eigenvalue weighted by Gasteiger charge is 2.06. The second-order valence-electron chi connectivity index (χ2n) is 5.04. The molecule has 0 unspecified atom stereocenters. The predicted molar refractivity (Wildman–Crippen MR) is 96.1 cm³/mol. The molecule has 1 aromatic heterocycles. The van der Waals surface area contributed by atoms with Gasteiger partial charge in [-0.15, -0.1) is 0 Å². The summed E-state index contributed by atoms with van der Waals surface area (Å²) in [5, 5.41) is 0.935. The number of pyridine rings is 1. The van der Waals surface area contributed by atoms with Gasteiger partial charge in [0, 0.05) is 16.8 Å². The number of esters is 1. The molecule has 114 valence electrons. The maximum absolute atomic E-state index is 11.2. The molecule has 4 heteroatoms. The minimum atomic E-state index is -0.352. The first kappa shape index (κ1) is 15.4. The van der Waals surface area contributed by atoms with Crippen LogP contribution in [0.2, 0.25) is 0 Å². The molecular weight excluding hydrogens is 354 g/mol. The lowest BCUT2D eigenvalue weighted by Crippen LogP contribution is -2.02. The van der Waals surface area contributed by atoms with Gasteiger partial charge in [-0.3, -0.25) is 4.79 Å². The van der Waals surface area contributed by atoms with E-state index in [1.807, 2.05) is 60.7 Å². The minimum absolute atomic E-state index is 0.352. The first-order chi connectivity index (χ1) is 11.1. The molecule has 3 nitrogen and oxygen atoms in total. The molecule has 0 atom stereocenters. The Morgan fingerprint density at radius 2 is 1.83 bits per heavy atom. The van der Waals surface area contributed by atoms with Crippen molar-refractivity contribution in [3.8, 4) is 5.75 Å². The van der Waals surface area contributed by atoms with Crippen LogP contribution in [0.25, 0.3) is 23.1 Å². The first-order valence-corrected chi connectivity index (χ1v) is 7.93. The van der Waals surface area contributed by atoms with E-state index in [4.69, 9.17) is 4.74 Å². The summed E-state index contributed by atoms with van der Waals surface area (Å²) in [5.74, 6) is 0.129. The summed E-state index contributed by atoms with van der Waals surface area (Å²) >= 11 is 3.42. The fraction of sp³-hybridized carbons (Fsp3) is 0.0526. The number of hydrogen-bond acceptors (Lipinski definition) is 3. The standard InChI is InChI=1S/C19H14BrNO2/c1-13(22)23-18-4-2-3-15-8-12-17(21-19(15)18)11-7-14-5-9-16(20)10-6-14/h2-12H,1H3. The number of nitrogens with zero attached hydrogens (tertiary/aromatic N) is 1. The zero-order chi connectivity index (χ0) is 16.2. The van der Waals surface area contributed by atoms with Crippen molar-refractivity contribution in [2.24, 2.45) is 0 Å². The second kappa shape index (κ2) is 6.75. The third kappa shape index (κ3) is 3.85. The van der Waals surface area contributed by atoms with E-state index in [2.05, 4.69) is 20.9 Å². The van der Waals surface area contributed by atoms with Crippen LogP contribution in [-0.2, 0) is 4.79 Å². The van der Waals surface area contributed by atoms with Crippen LogP contribution in [0.15, 0.2) is 59.1 Å². The molecular formula is C19H14BrNO2. The number of para-hydroxylation sites is 1. The molecule has 2 aromatic carbocycles. The Morgan fingerprint density at radius 3 is 2.57 bits per heavy atom. The summed E-state index contributed by atoms with van der Waals surface area (Å²) in [5.41, 5.74) is 2.57. The third-order valence-electron chi connectivity index (χ3n) is 3.28. The van der Waals surface area contributed by atoms with Gasteiger partial charge in [0.1, 0.15) is 5.52 Å². The van der Waals surface area contributed by atoms with E-state index in [0.717, 1.165) is 21.1 Å². The summed E-state index contributed by atoms with van der Waals surface area (Å²) < 4.78 is 6.27. The van der Waals surface area contributed by atoms with E-state index >= 15 is 0 Å². The van der Waals surface area contributed by atoms with E-state index in [0.29, 0.717) is 11.3 Å². The molecule has 0 bridgehead atoms. The highest BCUT2D eigenvalue weighted by molar-refractivity contribution is 9.10. The summed E-state index contributed by atoms with van der Waals surface area (Å²) in [4.78, 5) is 15.8. The van der Waals surface area contributed by atoms with Gasteiger partial charge < -0.3 is 4.74 Å². The second-order valence-corrected chi connectivity index (χ2v) is 5.96. The molecule has 23 heavy (non-hydrogen) atoms. The number of carbonyl (C=O) groups excluding carboxylic acids is 1. The van der Waals surface area contributed by atoms with Gasteiger partial charge in [0.15, 0.2) is 5.75 Å². The van der Waals surface area contributed by atoms with E-state index in [-0.39, 0.29) is 5.97 Å². The maximum Gasteiger partial charge on any atom is 0.308 e. The van der Waals surface area contributed by atoms with Gasteiger partial charge in [-0.05, 0) is 35.9 Å². The van der Waals surface area contributed by atoms with Crippen LogP contribution < -0.4 is 4.74 Å². The van der Waals surface area contributed by atoms with Gasteiger partial charge in [0.25, 0.3) is 0 Å².